The first-order valence-corrected chi connectivity index (χ1v) is 7.21. The Morgan fingerprint density at radius 3 is 2.83 bits per heavy atom. The van der Waals surface area contributed by atoms with E-state index in [4.69, 9.17) is 17.3 Å². The van der Waals surface area contributed by atoms with Gasteiger partial charge in [0.25, 0.3) is 0 Å². The highest BCUT2D eigenvalue weighted by Gasteiger charge is 2.41. The predicted octanol–water partition coefficient (Wildman–Crippen LogP) is 3.79. The van der Waals surface area contributed by atoms with Gasteiger partial charge in [-0.1, -0.05) is 30.2 Å². The Kier molecular flexibility index (Phi) is 3.33. The van der Waals surface area contributed by atoms with Gasteiger partial charge in [-0.25, -0.2) is 4.39 Å². The molecule has 0 aromatic heterocycles. The molecule has 0 aliphatic heterocycles. The van der Waals surface area contributed by atoms with Gasteiger partial charge in [-0.2, -0.15) is 0 Å². The Labute approximate surface area is 113 Å². The minimum absolute atomic E-state index is 0.125. The third kappa shape index (κ3) is 2.17. The van der Waals surface area contributed by atoms with Crippen LogP contribution in [-0.4, -0.2) is 6.04 Å². The van der Waals surface area contributed by atoms with Crippen LogP contribution < -0.4 is 5.73 Å². The summed E-state index contributed by atoms with van der Waals surface area (Å²) in [5.74, 6) is 1.98. The van der Waals surface area contributed by atoms with Crippen LogP contribution in [0, 0.1) is 23.6 Å². The molecule has 1 aromatic carbocycles. The first kappa shape index (κ1) is 12.4. The van der Waals surface area contributed by atoms with E-state index in [0.29, 0.717) is 12.3 Å². The van der Waals surface area contributed by atoms with Crippen LogP contribution in [0.2, 0.25) is 5.02 Å². The lowest BCUT2D eigenvalue weighted by Crippen LogP contribution is -2.35. The minimum atomic E-state index is -0.339. The quantitative estimate of drug-likeness (QED) is 0.886. The maximum atomic E-state index is 13.4. The van der Waals surface area contributed by atoms with E-state index < -0.39 is 0 Å². The average Bonchev–Trinajstić information content (AvgIpc) is 2.97. The van der Waals surface area contributed by atoms with Crippen molar-refractivity contribution in [1.82, 2.24) is 0 Å². The molecule has 2 fully saturated rings. The lowest BCUT2D eigenvalue weighted by molar-refractivity contribution is 0.280. The smallest absolute Gasteiger partial charge is 0.142 e. The summed E-state index contributed by atoms with van der Waals surface area (Å²) >= 11 is 5.99. The minimum Gasteiger partial charge on any atom is -0.327 e. The normalized spacial score (nSPS) is 31.8. The van der Waals surface area contributed by atoms with Crippen LogP contribution in [0.3, 0.4) is 0 Å². The molecule has 1 nitrogen and oxygen atoms in total. The number of hydrogen-bond donors (Lipinski definition) is 1. The van der Waals surface area contributed by atoms with Crippen LogP contribution >= 0.6 is 11.6 Å². The second-order valence-electron chi connectivity index (χ2n) is 5.92. The molecule has 4 atom stereocenters. The zero-order valence-corrected chi connectivity index (χ0v) is 11.2. The fraction of sp³-hybridized carbons (Fsp3) is 0.600. The number of rotatable bonds is 3. The molecule has 2 aliphatic carbocycles. The Balaban J connectivity index is 1.71. The number of fused-ring (bicyclic) bond motifs is 2. The molecule has 3 heteroatoms. The molecule has 18 heavy (non-hydrogen) atoms. The van der Waals surface area contributed by atoms with Crippen molar-refractivity contribution < 1.29 is 4.39 Å². The number of hydrogen-bond acceptors (Lipinski definition) is 1. The number of halogens is 2. The summed E-state index contributed by atoms with van der Waals surface area (Å²) in [5, 5.41) is 0.246. The second-order valence-corrected chi connectivity index (χ2v) is 6.30. The van der Waals surface area contributed by atoms with Gasteiger partial charge in [0, 0.05) is 6.04 Å². The van der Waals surface area contributed by atoms with E-state index in [1.165, 1.54) is 31.7 Å². The van der Waals surface area contributed by atoms with Crippen molar-refractivity contribution in [1.29, 1.82) is 0 Å². The molecule has 0 radical (unpaired) electrons. The standard InChI is InChI=1S/C15H19ClFN/c16-15-11(2-1-3-13(15)17)8-14(18)12-7-9-4-5-10(12)6-9/h1-3,9-10,12,14H,4-8,18H2. The molecule has 0 heterocycles. The van der Waals surface area contributed by atoms with E-state index in [9.17, 15) is 4.39 Å². The van der Waals surface area contributed by atoms with Crippen LogP contribution in [0.25, 0.3) is 0 Å². The van der Waals surface area contributed by atoms with Crippen LogP contribution in [0.1, 0.15) is 31.2 Å². The van der Waals surface area contributed by atoms with Gasteiger partial charge in [-0.15, -0.1) is 0 Å². The summed E-state index contributed by atoms with van der Waals surface area (Å²) in [6.45, 7) is 0. The zero-order chi connectivity index (χ0) is 12.7. The van der Waals surface area contributed by atoms with E-state index in [-0.39, 0.29) is 16.9 Å². The lowest BCUT2D eigenvalue weighted by Gasteiger charge is -2.28. The molecule has 98 valence electrons. The third-order valence-corrected chi connectivity index (χ3v) is 5.25. The van der Waals surface area contributed by atoms with E-state index >= 15 is 0 Å². The van der Waals surface area contributed by atoms with Gasteiger partial charge in [-0.3, -0.25) is 0 Å². The fourth-order valence-electron chi connectivity index (χ4n) is 3.93. The van der Waals surface area contributed by atoms with Crippen molar-refractivity contribution in [2.24, 2.45) is 23.5 Å². The molecular weight excluding hydrogens is 249 g/mol. The molecule has 2 N–H and O–H groups in total. The summed E-state index contributed by atoms with van der Waals surface area (Å²) < 4.78 is 13.4. The van der Waals surface area contributed by atoms with Crippen molar-refractivity contribution in [2.45, 2.75) is 38.1 Å². The van der Waals surface area contributed by atoms with Crippen LogP contribution in [0.5, 0.6) is 0 Å². The maximum Gasteiger partial charge on any atom is 0.142 e. The Morgan fingerprint density at radius 2 is 2.17 bits per heavy atom. The second kappa shape index (κ2) is 4.82. The molecule has 0 saturated heterocycles. The van der Waals surface area contributed by atoms with Gasteiger partial charge < -0.3 is 5.73 Å². The summed E-state index contributed by atoms with van der Waals surface area (Å²) in [6, 6.07) is 5.12. The average molecular weight is 268 g/mol. The molecule has 4 unspecified atom stereocenters. The molecule has 0 spiro atoms. The molecule has 3 rings (SSSR count). The van der Waals surface area contributed by atoms with Gasteiger partial charge >= 0.3 is 0 Å². The van der Waals surface area contributed by atoms with E-state index in [2.05, 4.69) is 0 Å². The van der Waals surface area contributed by atoms with Gasteiger partial charge in [0.1, 0.15) is 5.82 Å². The van der Waals surface area contributed by atoms with Crippen molar-refractivity contribution in [3.05, 3.63) is 34.6 Å². The summed E-state index contributed by atoms with van der Waals surface area (Å²) in [4.78, 5) is 0. The van der Waals surface area contributed by atoms with Gasteiger partial charge in [0.15, 0.2) is 0 Å². The monoisotopic (exact) mass is 267 g/mol. The Bertz CT molecular complexity index is 448. The molecule has 1 aromatic rings. The van der Waals surface area contributed by atoms with E-state index in [0.717, 1.165) is 17.4 Å². The molecular formula is C15H19ClFN. The van der Waals surface area contributed by atoms with Crippen LogP contribution in [0.4, 0.5) is 4.39 Å². The first-order valence-electron chi connectivity index (χ1n) is 6.83. The Hall–Kier alpha value is -0.600. The topological polar surface area (TPSA) is 26.0 Å². The highest BCUT2D eigenvalue weighted by Crippen LogP contribution is 2.49. The van der Waals surface area contributed by atoms with Crippen molar-refractivity contribution in [2.75, 3.05) is 0 Å². The Morgan fingerprint density at radius 1 is 1.33 bits per heavy atom. The molecule has 2 saturated carbocycles. The van der Waals surface area contributed by atoms with Crippen LogP contribution in [-0.2, 0) is 6.42 Å². The fourth-order valence-corrected chi connectivity index (χ4v) is 4.13. The van der Waals surface area contributed by atoms with Crippen molar-refractivity contribution in [3.8, 4) is 0 Å². The van der Waals surface area contributed by atoms with E-state index in [1.54, 1.807) is 6.07 Å². The SMILES string of the molecule is NC(Cc1cccc(F)c1Cl)C1CC2CCC1C2. The molecule has 2 bridgehead atoms. The lowest BCUT2D eigenvalue weighted by atomic mass is 9.81. The van der Waals surface area contributed by atoms with E-state index in [1.807, 2.05) is 6.07 Å². The zero-order valence-electron chi connectivity index (χ0n) is 10.4. The van der Waals surface area contributed by atoms with Gasteiger partial charge in [0.2, 0.25) is 0 Å². The summed E-state index contributed by atoms with van der Waals surface area (Å²) in [5.41, 5.74) is 7.19. The van der Waals surface area contributed by atoms with Crippen LogP contribution in [0.15, 0.2) is 18.2 Å². The molecule has 2 aliphatic rings. The predicted molar refractivity (Wildman–Crippen MR) is 72.0 cm³/mol. The highest BCUT2D eigenvalue weighted by molar-refractivity contribution is 6.31. The summed E-state index contributed by atoms with van der Waals surface area (Å²) in [7, 11) is 0. The van der Waals surface area contributed by atoms with Gasteiger partial charge in [0.05, 0.1) is 5.02 Å². The largest absolute Gasteiger partial charge is 0.327 e. The van der Waals surface area contributed by atoms with Gasteiger partial charge in [-0.05, 0) is 55.1 Å². The first-order chi connectivity index (χ1) is 8.65. The molecule has 0 amide bonds. The summed E-state index contributed by atoms with van der Waals surface area (Å²) in [6.07, 6.45) is 6.03. The number of benzene rings is 1. The van der Waals surface area contributed by atoms with Crippen molar-refractivity contribution >= 4 is 11.6 Å². The van der Waals surface area contributed by atoms with Crippen molar-refractivity contribution in [3.63, 3.8) is 0 Å². The third-order valence-electron chi connectivity index (χ3n) is 4.83. The maximum absolute atomic E-state index is 13.4. The highest BCUT2D eigenvalue weighted by atomic mass is 35.5. The number of nitrogens with two attached hydrogens (primary N) is 1.